The Morgan fingerprint density at radius 2 is 1.75 bits per heavy atom. The molecule has 20 heavy (non-hydrogen) atoms. The number of aromatic carboxylic acids is 1. The van der Waals surface area contributed by atoms with Crippen LogP contribution in [0.2, 0.25) is 0 Å². The van der Waals surface area contributed by atoms with Gasteiger partial charge in [-0.3, -0.25) is 9.78 Å². The molecule has 2 rings (SSSR count). The number of anilines is 1. The average Bonchev–Trinajstić information content (AvgIpc) is 2.46. The highest BCUT2D eigenvalue weighted by atomic mass is 16.4. The SMILES string of the molecule is CN(C)c1ccc(C(=O)c2ncccc2C(=O)O)cc1. The third kappa shape index (κ3) is 2.66. The van der Waals surface area contributed by atoms with Gasteiger partial charge in [-0.15, -0.1) is 0 Å². The van der Waals surface area contributed by atoms with E-state index in [4.69, 9.17) is 5.11 Å². The molecule has 0 bridgehead atoms. The highest BCUT2D eigenvalue weighted by Crippen LogP contribution is 2.16. The summed E-state index contributed by atoms with van der Waals surface area (Å²) in [6, 6.07) is 9.80. The van der Waals surface area contributed by atoms with Crippen molar-refractivity contribution < 1.29 is 14.7 Å². The molecule has 0 saturated carbocycles. The summed E-state index contributed by atoms with van der Waals surface area (Å²) in [7, 11) is 3.80. The summed E-state index contributed by atoms with van der Waals surface area (Å²) in [5.74, 6) is -1.56. The lowest BCUT2D eigenvalue weighted by Gasteiger charge is -2.12. The predicted octanol–water partition coefficient (Wildman–Crippen LogP) is 2.08. The van der Waals surface area contributed by atoms with Gasteiger partial charge in [0.25, 0.3) is 0 Å². The molecule has 0 radical (unpaired) electrons. The first-order valence-electron chi connectivity index (χ1n) is 6.01. The number of aromatic nitrogens is 1. The number of hydrogen-bond donors (Lipinski definition) is 1. The van der Waals surface area contributed by atoms with Crippen molar-refractivity contribution in [2.45, 2.75) is 0 Å². The molecule has 5 heteroatoms. The van der Waals surface area contributed by atoms with Crippen molar-refractivity contribution in [1.29, 1.82) is 0 Å². The molecule has 2 aromatic rings. The summed E-state index contributed by atoms with van der Waals surface area (Å²) in [6.07, 6.45) is 1.41. The maximum absolute atomic E-state index is 12.3. The molecule has 102 valence electrons. The van der Waals surface area contributed by atoms with Crippen molar-refractivity contribution in [3.63, 3.8) is 0 Å². The molecule has 5 nitrogen and oxygen atoms in total. The second-order valence-corrected chi connectivity index (χ2v) is 4.48. The normalized spacial score (nSPS) is 10.1. The minimum atomic E-state index is -1.16. The van der Waals surface area contributed by atoms with Gasteiger partial charge in [0.2, 0.25) is 5.78 Å². The molecule has 0 fully saturated rings. The Balaban J connectivity index is 2.39. The van der Waals surface area contributed by atoms with Crippen molar-refractivity contribution in [2.75, 3.05) is 19.0 Å². The van der Waals surface area contributed by atoms with Crippen LogP contribution in [0.25, 0.3) is 0 Å². The van der Waals surface area contributed by atoms with E-state index in [0.29, 0.717) is 5.56 Å². The lowest BCUT2D eigenvalue weighted by molar-refractivity contribution is 0.0692. The molecule has 0 aliphatic rings. The Morgan fingerprint density at radius 3 is 2.30 bits per heavy atom. The van der Waals surface area contributed by atoms with E-state index in [1.54, 1.807) is 24.3 Å². The molecule has 0 amide bonds. The van der Waals surface area contributed by atoms with Crippen LogP contribution in [-0.2, 0) is 0 Å². The van der Waals surface area contributed by atoms with E-state index in [1.165, 1.54) is 18.3 Å². The van der Waals surface area contributed by atoms with Crippen LogP contribution in [-0.4, -0.2) is 35.9 Å². The largest absolute Gasteiger partial charge is 0.478 e. The van der Waals surface area contributed by atoms with Gasteiger partial charge in [-0.25, -0.2) is 4.79 Å². The first-order chi connectivity index (χ1) is 9.50. The summed E-state index contributed by atoms with van der Waals surface area (Å²) < 4.78 is 0. The number of carbonyl (C=O) groups excluding carboxylic acids is 1. The first-order valence-corrected chi connectivity index (χ1v) is 6.01. The standard InChI is InChI=1S/C15H14N2O3/c1-17(2)11-7-5-10(6-8-11)14(18)13-12(15(19)20)4-3-9-16-13/h3-9H,1-2H3,(H,19,20). The molecular formula is C15H14N2O3. The number of ketones is 1. The average molecular weight is 270 g/mol. The zero-order valence-corrected chi connectivity index (χ0v) is 11.2. The maximum atomic E-state index is 12.3. The second kappa shape index (κ2) is 5.52. The topological polar surface area (TPSA) is 70.5 Å². The van der Waals surface area contributed by atoms with Crippen LogP contribution in [0.15, 0.2) is 42.6 Å². The number of carboxylic acid groups (broad SMARTS) is 1. The first kappa shape index (κ1) is 13.7. The number of carboxylic acids is 1. The van der Waals surface area contributed by atoms with E-state index in [-0.39, 0.29) is 11.3 Å². The number of nitrogens with zero attached hydrogens (tertiary/aromatic N) is 2. The van der Waals surface area contributed by atoms with E-state index < -0.39 is 11.8 Å². The highest BCUT2D eigenvalue weighted by molar-refractivity contribution is 6.12. The van der Waals surface area contributed by atoms with Crippen LogP contribution in [0.3, 0.4) is 0 Å². The monoisotopic (exact) mass is 270 g/mol. The molecular weight excluding hydrogens is 256 g/mol. The van der Waals surface area contributed by atoms with Crippen molar-refractivity contribution in [1.82, 2.24) is 4.98 Å². The summed E-state index contributed by atoms with van der Waals surface area (Å²) in [4.78, 5) is 29.2. The molecule has 0 saturated heterocycles. The Bertz CT molecular complexity index is 648. The Hall–Kier alpha value is -2.69. The molecule has 1 heterocycles. The summed E-state index contributed by atoms with van der Waals surface area (Å²) >= 11 is 0. The number of pyridine rings is 1. The molecule has 0 spiro atoms. The van der Waals surface area contributed by atoms with E-state index >= 15 is 0 Å². The predicted molar refractivity (Wildman–Crippen MR) is 75.4 cm³/mol. The van der Waals surface area contributed by atoms with Crippen LogP contribution < -0.4 is 4.90 Å². The van der Waals surface area contributed by atoms with Gasteiger partial charge in [0.05, 0.1) is 5.56 Å². The van der Waals surface area contributed by atoms with Gasteiger partial charge >= 0.3 is 5.97 Å². The Kier molecular flexibility index (Phi) is 3.79. The van der Waals surface area contributed by atoms with Crippen molar-refractivity contribution in [3.8, 4) is 0 Å². The van der Waals surface area contributed by atoms with E-state index in [1.807, 2.05) is 19.0 Å². The third-order valence-corrected chi connectivity index (χ3v) is 2.90. The number of benzene rings is 1. The van der Waals surface area contributed by atoms with Crippen molar-refractivity contribution in [2.24, 2.45) is 0 Å². The number of hydrogen-bond acceptors (Lipinski definition) is 4. The van der Waals surface area contributed by atoms with Crippen LogP contribution in [0.4, 0.5) is 5.69 Å². The fraction of sp³-hybridized carbons (Fsp3) is 0.133. The minimum absolute atomic E-state index is 0.0439. The number of carbonyl (C=O) groups is 2. The van der Waals surface area contributed by atoms with Gasteiger partial charge in [0.1, 0.15) is 5.69 Å². The lowest BCUT2D eigenvalue weighted by atomic mass is 10.0. The lowest BCUT2D eigenvalue weighted by Crippen LogP contribution is -2.12. The summed E-state index contributed by atoms with van der Waals surface area (Å²) in [5, 5.41) is 9.08. The van der Waals surface area contributed by atoms with Gasteiger partial charge < -0.3 is 10.0 Å². The zero-order valence-electron chi connectivity index (χ0n) is 11.2. The fourth-order valence-electron chi connectivity index (χ4n) is 1.81. The quantitative estimate of drug-likeness (QED) is 0.861. The second-order valence-electron chi connectivity index (χ2n) is 4.48. The molecule has 0 atom stereocenters. The van der Waals surface area contributed by atoms with Crippen molar-refractivity contribution in [3.05, 3.63) is 59.4 Å². The van der Waals surface area contributed by atoms with Gasteiger partial charge in [0.15, 0.2) is 0 Å². The van der Waals surface area contributed by atoms with E-state index in [0.717, 1.165) is 5.69 Å². The molecule has 1 aromatic heterocycles. The number of rotatable bonds is 4. The fourth-order valence-corrected chi connectivity index (χ4v) is 1.81. The maximum Gasteiger partial charge on any atom is 0.338 e. The molecule has 0 aliphatic carbocycles. The molecule has 0 aliphatic heterocycles. The Morgan fingerprint density at radius 1 is 1.10 bits per heavy atom. The van der Waals surface area contributed by atoms with Gasteiger partial charge in [-0.1, -0.05) is 0 Å². The Labute approximate surface area is 116 Å². The van der Waals surface area contributed by atoms with E-state index in [2.05, 4.69) is 4.98 Å². The van der Waals surface area contributed by atoms with Gasteiger partial charge in [-0.2, -0.15) is 0 Å². The van der Waals surface area contributed by atoms with Crippen LogP contribution >= 0.6 is 0 Å². The van der Waals surface area contributed by atoms with Crippen molar-refractivity contribution >= 4 is 17.4 Å². The van der Waals surface area contributed by atoms with Crippen LogP contribution in [0.5, 0.6) is 0 Å². The third-order valence-electron chi connectivity index (χ3n) is 2.90. The molecule has 1 aromatic carbocycles. The molecule has 1 N–H and O–H groups in total. The highest BCUT2D eigenvalue weighted by Gasteiger charge is 2.18. The van der Waals surface area contributed by atoms with Crippen LogP contribution in [0.1, 0.15) is 26.4 Å². The smallest absolute Gasteiger partial charge is 0.338 e. The van der Waals surface area contributed by atoms with Crippen LogP contribution in [0, 0.1) is 0 Å². The minimum Gasteiger partial charge on any atom is -0.478 e. The van der Waals surface area contributed by atoms with Gasteiger partial charge in [0, 0.05) is 31.5 Å². The summed E-state index contributed by atoms with van der Waals surface area (Å²) in [5.41, 5.74) is 1.24. The van der Waals surface area contributed by atoms with Gasteiger partial charge in [-0.05, 0) is 36.4 Å². The van der Waals surface area contributed by atoms with E-state index in [9.17, 15) is 9.59 Å². The zero-order chi connectivity index (χ0) is 14.7. The molecule has 0 unspecified atom stereocenters. The summed E-state index contributed by atoms with van der Waals surface area (Å²) in [6.45, 7) is 0.